The van der Waals surface area contributed by atoms with Crippen LogP contribution in [0.3, 0.4) is 0 Å². The fourth-order valence-electron chi connectivity index (χ4n) is 2.60. The molecular formula is C16H20N4. The summed E-state index contributed by atoms with van der Waals surface area (Å²) in [4.78, 5) is 0. The first-order valence-corrected chi connectivity index (χ1v) is 6.96. The number of fused-ring (bicyclic) bond motifs is 1. The minimum absolute atomic E-state index is 0.897. The molecule has 0 aliphatic rings. The molecule has 1 aromatic carbocycles. The van der Waals surface area contributed by atoms with Crippen LogP contribution in [0.15, 0.2) is 42.7 Å². The molecule has 3 aromatic rings. The minimum atomic E-state index is 0.897. The van der Waals surface area contributed by atoms with Gasteiger partial charge in [-0.05, 0) is 17.7 Å². The Morgan fingerprint density at radius 3 is 2.80 bits per heavy atom. The maximum atomic E-state index is 4.38. The van der Waals surface area contributed by atoms with E-state index >= 15 is 0 Å². The molecular weight excluding hydrogens is 248 g/mol. The van der Waals surface area contributed by atoms with Gasteiger partial charge < -0.3 is 9.88 Å². The number of benzene rings is 1. The lowest BCUT2D eigenvalue weighted by Gasteiger charge is -2.02. The van der Waals surface area contributed by atoms with Gasteiger partial charge in [-0.1, -0.05) is 18.2 Å². The van der Waals surface area contributed by atoms with E-state index in [1.54, 1.807) is 0 Å². The van der Waals surface area contributed by atoms with Crippen molar-refractivity contribution in [2.24, 2.45) is 14.1 Å². The average molecular weight is 268 g/mol. The van der Waals surface area contributed by atoms with Gasteiger partial charge in [-0.15, -0.1) is 0 Å². The van der Waals surface area contributed by atoms with Crippen molar-refractivity contribution in [2.75, 3.05) is 6.54 Å². The third-order valence-corrected chi connectivity index (χ3v) is 3.62. The van der Waals surface area contributed by atoms with E-state index < -0.39 is 0 Å². The van der Waals surface area contributed by atoms with E-state index in [1.165, 1.54) is 16.5 Å². The Bertz CT molecular complexity index is 708. The molecule has 2 aromatic heterocycles. The van der Waals surface area contributed by atoms with E-state index in [-0.39, 0.29) is 0 Å². The zero-order valence-corrected chi connectivity index (χ0v) is 12.0. The summed E-state index contributed by atoms with van der Waals surface area (Å²) < 4.78 is 4.03. The van der Waals surface area contributed by atoms with E-state index in [0.29, 0.717) is 0 Å². The van der Waals surface area contributed by atoms with Crippen LogP contribution in [0.4, 0.5) is 0 Å². The molecule has 0 saturated carbocycles. The predicted octanol–water partition coefficient (Wildman–Crippen LogP) is 2.24. The number of nitrogens with zero attached hydrogens (tertiary/aromatic N) is 3. The molecule has 3 rings (SSSR count). The van der Waals surface area contributed by atoms with Gasteiger partial charge in [0.15, 0.2) is 0 Å². The standard InChI is InChI=1S/C16H20N4/c1-19-12-13(15-5-3-4-6-16(15)19)11-17-9-7-14-8-10-20(2)18-14/h3-6,8,10,12,17H,7,9,11H2,1-2H3. The number of para-hydroxylation sites is 1. The quantitative estimate of drug-likeness (QED) is 0.720. The Morgan fingerprint density at radius 1 is 1.15 bits per heavy atom. The van der Waals surface area contributed by atoms with Crippen molar-refractivity contribution in [1.82, 2.24) is 19.7 Å². The maximum absolute atomic E-state index is 4.38. The van der Waals surface area contributed by atoms with Crippen LogP contribution >= 0.6 is 0 Å². The van der Waals surface area contributed by atoms with Crippen molar-refractivity contribution in [2.45, 2.75) is 13.0 Å². The third-order valence-electron chi connectivity index (χ3n) is 3.62. The maximum Gasteiger partial charge on any atom is 0.0637 e. The smallest absolute Gasteiger partial charge is 0.0637 e. The number of rotatable bonds is 5. The molecule has 0 aliphatic carbocycles. The average Bonchev–Trinajstić information content (AvgIpc) is 3.00. The Morgan fingerprint density at radius 2 is 2.00 bits per heavy atom. The van der Waals surface area contributed by atoms with Crippen molar-refractivity contribution in [3.63, 3.8) is 0 Å². The second-order valence-corrected chi connectivity index (χ2v) is 5.19. The lowest BCUT2D eigenvalue weighted by molar-refractivity contribution is 0.666. The SMILES string of the molecule is Cn1ccc(CCNCc2cn(C)c3ccccc23)n1. The van der Waals surface area contributed by atoms with E-state index in [0.717, 1.165) is 25.2 Å². The second-order valence-electron chi connectivity index (χ2n) is 5.19. The van der Waals surface area contributed by atoms with Gasteiger partial charge in [0.1, 0.15) is 0 Å². The van der Waals surface area contributed by atoms with Crippen LogP contribution in [0.1, 0.15) is 11.3 Å². The molecule has 0 saturated heterocycles. The topological polar surface area (TPSA) is 34.8 Å². The van der Waals surface area contributed by atoms with E-state index in [9.17, 15) is 0 Å². The summed E-state index contributed by atoms with van der Waals surface area (Å²) in [5.74, 6) is 0. The van der Waals surface area contributed by atoms with Crippen LogP contribution in [0.25, 0.3) is 10.9 Å². The van der Waals surface area contributed by atoms with Crippen LogP contribution < -0.4 is 5.32 Å². The fourth-order valence-corrected chi connectivity index (χ4v) is 2.60. The third kappa shape index (κ3) is 2.60. The Balaban J connectivity index is 1.60. The highest BCUT2D eigenvalue weighted by Crippen LogP contribution is 2.19. The molecule has 0 unspecified atom stereocenters. The van der Waals surface area contributed by atoms with Crippen LogP contribution in [-0.2, 0) is 27.1 Å². The normalized spacial score (nSPS) is 11.3. The monoisotopic (exact) mass is 268 g/mol. The second kappa shape index (κ2) is 5.51. The molecule has 0 radical (unpaired) electrons. The van der Waals surface area contributed by atoms with E-state index in [1.807, 2.05) is 17.9 Å². The van der Waals surface area contributed by atoms with E-state index in [4.69, 9.17) is 0 Å². The van der Waals surface area contributed by atoms with Crippen LogP contribution in [-0.4, -0.2) is 20.9 Å². The Labute approximate surface area is 119 Å². The van der Waals surface area contributed by atoms with Gasteiger partial charge >= 0.3 is 0 Å². The molecule has 0 amide bonds. The summed E-state index contributed by atoms with van der Waals surface area (Å²) >= 11 is 0. The molecule has 4 heteroatoms. The summed E-state index contributed by atoms with van der Waals surface area (Å²) in [7, 11) is 4.05. The predicted molar refractivity (Wildman–Crippen MR) is 81.5 cm³/mol. The highest BCUT2D eigenvalue weighted by molar-refractivity contribution is 5.83. The van der Waals surface area contributed by atoms with Crippen molar-refractivity contribution in [3.8, 4) is 0 Å². The van der Waals surface area contributed by atoms with Gasteiger partial charge in [0.05, 0.1) is 5.69 Å². The Hall–Kier alpha value is -2.07. The number of hydrogen-bond acceptors (Lipinski definition) is 2. The first-order chi connectivity index (χ1) is 9.74. The molecule has 0 fully saturated rings. The molecule has 20 heavy (non-hydrogen) atoms. The molecule has 0 bridgehead atoms. The van der Waals surface area contributed by atoms with Gasteiger partial charge in [-0.2, -0.15) is 5.10 Å². The van der Waals surface area contributed by atoms with Gasteiger partial charge in [0, 0.05) is 56.9 Å². The summed E-state index contributed by atoms with van der Waals surface area (Å²) in [5, 5.41) is 9.22. The molecule has 4 nitrogen and oxygen atoms in total. The molecule has 0 atom stereocenters. The van der Waals surface area contributed by atoms with Crippen LogP contribution in [0.2, 0.25) is 0 Å². The number of hydrogen-bond donors (Lipinski definition) is 1. The van der Waals surface area contributed by atoms with Crippen molar-refractivity contribution in [1.29, 1.82) is 0 Å². The minimum Gasteiger partial charge on any atom is -0.350 e. The lowest BCUT2D eigenvalue weighted by Crippen LogP contribution is -2.16. The van der Waals surface area contributed by atoms with Gasteiger partial charge in [-0.25, -0.2) is 0 Å². The van der Waals surface area contributed by atoms with Crippen molar-refractivity contribution in [3.05, 3.63) is 54.0 Å². The summed E-state index contributed by atoms with van der Waals surface area (Å²) in [6.07, 6.45) is 5.16. The zero-order chi connectivity index (χ0) is 13.9. The zero-order valence-electron chi connectivity index (χ0n) is 12.0. The summed E-state index contributed by atoms with van der Waals surface area (Å²) in [5.41, 5.74) is 3.77. The first kappa shape index (κ1) is 12.9. The summed E-state index contributed by atoms with van der Waals surface area (Å²) in [6, 6.07) is 10.6. The highest BCUT2D eigenvalue weighted by atomic mass is 15.2. The number of aromatic nitrogens is 3. The first-order valence-electron chi connectivity index (χ1n) is 6.96. The summed E-state index contributed by atoms with van der Waals surface area (Å²) in [6.45, 7) is 1.84. The van der Waals surface area contributed by atoms with Crippen LogP contribution in [0.5, 0.6) is 0 Å². The van der Waals surface area contributed by atoms with Crippen LogP contribution in [0, 0.1) is 0 Å². The molecule has 0 aliphatic heterocycles. The molecule has 104 valence electrons. The van der Waals surface area contributed by atoms with Gasteiger partial charge in [-0.3, -0.25) is 4.68 Å². The highest BCUT2D eigenvalue weighted by Gasteiger charge is 2.05. The number of aryl methyl sites for hydroxylation is 2. The van der Waals surface area contributed by atoms with Gasteiger partial charge in [0.25, 0.3) is 0 Å². The molecule has 1 N–H and O–H groups in total. The van der Waals surface area contributed by atoms with Gasteiger partial charge in [0.2, 0.25) is 0 Å². The fraction of sp³-hybridized carbons (Fsp3) is 0.312. The van der Waals surface area contributed by atoms with E-state index in [2.05, 4.69) is 58.6 Å². The van der Waals surface area contributed by atoms with Crippen molar-refractivity contribution >= 4 is 10.9 Å². The van der Waals surface area contributed by atoms with Crippen molar-refractivity contribution < 1.29 is 0 Å². The largest absolute Gasteiger partial charge is 0.350 e. The lowest BCUT2D eigenvalue weighted by atomic mass is 10.2. The molecule has 0 spiro atoms. The Kier molecular flexibility index (Phi) is 3.56. The number of nitrogens with one attached hydrogen (secondary N) is 1. The molecule has 2 heterocycles.